The van der Waals surface area contributed by atoms with Gasteiger partial charge < -0.3 is 20.0 Å². The second-order valence-electron chi connectivity index (χ2n) is 6.59. The molecule has 0 spiro atoms. The molecular weight excluding hydrogens is 374 g/mol. The fourth-order valence-corrected chi connectivity index (χ4v) is 4.20. The molecule has 28 heavy (non-hydrogen) atoms. The fraction of sp³-hybridized carbons (Fsp3) is 0.238. The lowest BCUT2D eigenvalue weighted by atomic mass is 10.1. The van der Waals surface area contributed by atoms with E-state index < -0.39 is 0 Å². The van der Waals surface area contributed by atoms with Gasteiger partial charge in [0, 0.05) is 30.9 Å². The van der Waals surface area contributed by atoms with Gasteiger partial charge in [0.2, 0.25) is 5.91 Å². The van der Waals surface area contributed by atoms with Gasteiger partial charge in [-0.15, -0.1) is 11.3 Å². The minimum atomic E-state index is -0.321. The van der Waals surface area contributed by atoms with Crippen molar-refractivity contribution in [3.63, 3.8) is 0 Å². The van der Waals surface area contributed by atoms with E-state index in [4.69, 9.17) is 4.42 Å². The van der Waals surface area contributed by atoms with Crippen molar-refractivity contribution < 1.29 is 14.0 Å². The third-order valence-electron chi connectivity index (χ3n) is 4.71. The number of para-hydroxylation sites is 2. The second kappa shape index (κ2) is 8.31. The highest BCUT2D eigenvalue weighted by molar-refractivity contribution is 7.10. The maximum absolute atomic E-state index is 12.4. The van der Waals surface area contributed by atoms with E-state index in [9.17, 15) is 9.59 Å². The Morgan fingerprint density at radius 3 is 2.89 bits per heavy atom. The molecule has 7 heteroatoms. The quantitative estimate of drug-likeness (QED) is 0.668. The van der Waals surface area contributed by atoms with Gasteiger partial charge in [0.15, 0.2) is 5.76 Å². The average molecular weight is 395 g/mol. The zero-order valence-corrected chi connectivity index (χ0v) is 16.1. The van der Waals surface area contributed by atoms with E-state index in [1.807, 2.05) is 35.6 Å². The SMILES string of the molecule is O=C(CCNC(=O)c1ccco1)Nc1ccccc1N1CCc2sccc2C1. The number of carbonyl (C=O) groups excluding carboxylic acids is 2. The summed E-state index contributed by atoms with van der Waals surface area (Å²) >= 11 is 1.81. The first kappa shape index (κ1) is 18.3. The van der Waals surface area contributed by atoms with Crippen LogP contribution in [0.4, 0.5) is 11.4 Å². The Labute approximate surface area is 167 Å². The second-order valence-corrected chi connectivity index (χ2v) is 7.59. The smallest absolute Gasteiger partial charge is 0.286 e. The molecule has 0 radical (unpaired) electrons. The Kier molecular flexibility index (Phi) is 5.43. The van der Waals surface area contributed by atoms with E-state index in [1.165, 1.54) is 16.7 Å². The highest BCUT2D eigenvalue weighted by Gasteiger charge is 2.20. The van der Waals surface area contributed by atoms with E-state index in [0.717, 1.165) is 30.9 Å². The number of hydrogen-bond acceptors (Lipinski definition) is 5. The third-order valence-corrected chi connectivity index (χ3v) is 5.73. The van der Waals surface area contributed by atoms with Gasteiger partial charge in [-0.25, -0.2) is 0 Å². The first-order chi connectivity index (χ1) is 13.7. The number of benzene rings is 1. The number of anilines is 2. The van der Waals surface area contributed by atoms with Crippen molar-refractivity contribution in [2.75, 3.05) is 23.3 Å². The Morgan fingerprint density at radius 1 is 1.14 bits per heavy atom. The Balaban J connectivity index is 1.35. The number of thiophene rings is 1. The molecule has 1 aliphatic heterocycles. The molecule has 0 fully saturated rings. The van der Waals surface area contributed by atoms with Gasteiger partial charge in [0.1, 0.15) is 0 Å². The van der Waals surface area contributed by atoms with E-state index >= 15 is 0 Å². The van der Waals surface area contributed by atoms with Gasteiger partial charge in [-0.3, -0.25) is 9.59 Å². The lowest BCUT2D eigenvalue weighted by molar-refractivity contribution is -0.116. The lowest BCUT2D eigenvalue weighted by Crippen LogP contribution is -2.31. The molecule has 0 atom stereocenters. The van der Waals surface area contributed by atoms with E-state index in [1.54, 1.807) is 12.1 Å². The third kappa shape index (κ3) is 4.09. The Hall–Kier alpha value is -3.06. The fourth-order valence-electron chi connectivity index (χ4n) is 3.31. The van der Waals surface area contributed by atoms with Crippen LogP contribution in [-0.4, -0.2) is 24.9 Å². The van der Waals surface area contributed by atoms with Crippen LogP contribution in [0.1, 0.15) is 27.4 Å². The zero-order valence-electron chi connectivity index (χ0n) is 15.3. The largest absolute Gasteiger partial charge is 0.459 e. The van der Waals surface area contributed by atoms with Gasteiger partial charge in [-0.1, -0.05) is 12.1 Å². The number of nitrogens with one attached hydrogen (secondary N) is 2. The molecule has 4 rings (SSSR count). The van der Waals surface area contributed by atoms with Crippen LogP contribution in [0.25, 0.3) is 0 Å². The molecule has 2 N–H and O–H groups in total. The summed E-state index contributed by atoms with van der Waals surface area (Å²) in [6, 6.07) is 13.3. The van der Waals surface area contributed by atoms with Crippen molar-refractivity contribution >= 4 is 34.5 Å². The van der Waals surface area contributed by atoms with E-state index in [0.29, 0.717) is 0 Å². The minimum absolute atomic E-state index is 0.138. The number of furan rings is 1. The molecule has 6 nitrogen and oxygen atoms in total. The molecule has 0 saturated carbocycles. The Morgan fingerprint density at radius 2 is 2.04 bits per heavy atom. The highest BCUT2D eigenvalue weighted by atomic mass is 32.1. The molecule has 1 aliphatic rings. The summed E-state index contributed by atoms with van der Waals surface area (Å²) in [5, 5.41) is 7.80. The predicted octanol–water partition coefficient (Wildman–Crippen LogP) is 3.66. The topological polar surface area (TPSA) is 74.6 Å². The summed E-state index contributed by atoms with van der Waals surface area (Å²) < 4.78 is 5.03. The van der Waals surface area contributed by atoms with Crippen LogP contribution in [-0.2, 0) is 17.8 Å². The normalized spacial score (nSPS) is 13.1. The molecule has 144 valence electrons. The number of carbonyl (C=O) groups is 2. The van der Waals surface area contributed by atoms with Gasteiger partial charge in [0.25, 0.3) is 5.91 Å². The molecule has 3 aromatic rings. The maximum atomic E-state index is 12.4. The highest BCUT2D eigenvalue weighted by Crippen LogP contribution is 2.32. The zero-order chi connectivity index (χ0) is 19.3. The lowest BCUT2D eigenvalue weighted by Gasteiger charge is -2.30. The van der Waals surface area contributed by atoms with Crippen LogP contribution >= 0.6 is 11.3 Å². The van der Waals surface area contributed by atoms with Gasteiger partial charge in [0.05, 0.1) is 17.6 Å². The van der Waals surface area contributed by atoms with Crippen molar-refractivity contribution in [1.29, 1.82) is 0 Å². The van der Waals surface area contributed by atoms with Crippen LogP contribution in [0.15, 0.2) is 58.5 Å². The van der Waals surface area contributed by atoms with Gasteiger partial charge in [-0.2, -0.15) is 0 Å². The molecule has 1 aromatic carbocycles. The van der Waals surface area contributed by atoms with Gasteiger partial charge >= 0.3 is 0 Å². The van der Waals surface area contributed by atoms with Crippen molar-refractivity contribution in [2.24, 2.45) is 0 Å². The summed E-state index contributed by atoms with van der Waals surface area (Å²) in [5.74, 6) is -0.220. The van der Waals surface area contributed by atoms with Crippen molar-refractivity contribution in [2.45, 2.75) is 19.4 Å². The molecule has 0 aliphatic carbocycles. The molecule has 3 heterocycles. The van der Waals surface area contributed by atoms with Crippen LogP contribution in [0, 0.1) is 0 Å². The minimum Gasteiger partial charge on any atom is -0.459 e. The summed E-state index contributed by atoms with van der Waals surface area (Å²) in [4.78, 5) is 28.0. The molecule has 2 aromatic heterocycles. The van der Waals surface area contributed by atoms with E-state index in [2.05, 4.69) is 27.0 Å². The molecule has 0 saturated heterocycles. The number of nitrogens with zero attached hydrogens (tertiary/aromatic N) is 1. The standard InChI is InChI=1S/C21H21N3O3S/c25-20(7-10-22-21(26)18-6-3-12-27-18)23-16-4-1-2-5-17(16)24-11-8-19-15(14-24)9-13-28-19/h1-6,9,12-13H,7-8,10-11,14H2,(H,22,26)(H,23,25). The van der Waals surface area contributed by atoms with Crippen LogP contribution in [0.2, 0.25) is 0 Å². The number of rotatable bonds is 6. The van der Waals surface area contributed by atoms with Crippen LogP contribution in [0.5, 0.6) is 0 Å². The van der Waals surface area contributed by atoms with Gasteiger partial charge in [-0.05, 0) is 47.7 Å². The monoisotopic (exact) mass is 395 g/mol. The van der Waals surface area contributed by atoms with Crippen molar-refractivity contribution in [1.82, 2.24) is 5.32 Å². The number of amides is 2. The first-order valence-electron chi connectivity index (χ1n) is 9.21. The summed E-state index contributed by atoms with van der Waals surface area (Å²) in [6.07, 6.45) is 2.65. The first-order valence-corrected chi connectivity index (χ1v) is 10.1. The summed E-state index contributed by atoms with van der Waals surface area (Å²) in [5.41, 5.74) is 3.17. The molecule has 0 bridgehead atoms. The molecule has 2 amide bonds. The molecule has 0 unspecified atom stereocenters. The summed E-state index contributed by atoms with van der Waals surface area (Å²) in [7, 11) is 0. The van der Waals surface area contributed by atoms with Crippen LogP contribution < -0.4 is 15.5 Å². The number of hydrogen-bond donors (Lipinski definition) is 2. The summed E-state index contributed by atoms with van der Waals surface area (Å²) in [6.45, 7) is 2.03. The van der Waals surface area contributed by atoms with Crippen LogP contribution in [0.3, 0.4) is 0 Å². The van der Waals surface area contributed by atoms with Crippen molar-refractivity contribution in [3.05, 3.63) is 70.3 Å². The maximum Gasteiger partial charge on any atom is 0.286 e. The predicted molar refractivity (Wildman–Crippen MR) is 110 cm³/mol. The van der Waals surface area contributed by atoms with Crippen molar-refractivity contribution in [3.8, 4) is 0 Å². The number of fused-ring (bicyclic) bond motifs is 1. The average Bonchev–Trinajstić information content (AvgIpc) is 3.39. The van der Waals surface area contributed by atoms with E-state index in [-0.39, 0.29) is 30.5 Å². The Bertz CT molecular complexity index is 965. The molecular formula is C21H21N3O3S.